The standard InChI is InChI=1S/C20H22N6O/c27-20-6-5-18(16-2-1-7-21-10-16)23-26(20)13-15-11-24(12-15)14-19-22-8-9-25(19)17-3-4-17/h1-2,5-10,15,17H,3-4,11-14H2. The molecule has 1 aliphatic carbocycles. The lowest BCUT2D eigenvalue weighted by Crippen LogP contribution is -2.49. The Hall–Kier alpha value is -2.80. The summed E-state index contributed by atoms with van der Waals surface area (Å²) in [7, 11) is 0. The highest BCUT2D eigenvalue weighted by Gasteiger charge is 2.30. The molecule has 0 atom stereocenters. The number of aromatic nitrogens is 5. The Morgan fingerprint density at radius 2 is 2.00 bits per heavy atom. The summed E-state index contributed by atoms with van der Waals surface area (Å²) in [6, 6.07) is 7.86. The maximum absolute atomic E-state index is 12.2. The first kappa shape index (κ1) is 16.4. The van der Waals surface area contributed by atoms with Crippen LogP contribution in [0.3, 0.4) is 0 Å². The van der Waals surface area contributed by atoms with E-state index in [1.54, 1.807) is 29.2 Å². The van der Waals surface area contributed by atoms with Crippen LogP contribution in [0.5, 0.6) is 0 Å². The van der Waals surface area contributed by atoms with Crippen LogP contribution in [0.1, 0.15) is 24.7 Å². The molecule has 1 saturated carbocycles. The number of hydrogen-bond acceptors (Lipinski definition) is 5. The summed E-state index contributed by atoms with van der Waals surface area (Å²) in [5.74, 6) is 1.61. The zero-order chi connectivity index (χ0) is 18.2. The highest BCUT2D eigenvalue weighted by molar-refractivity contribution is 5.56. The van der Waals surface area contributed by atoms with Gasteiger partial charge < -0.3 is 4.57 Å². The molecule has 0 spiro atoms. The van der Waals surface area contributed by atoms with E-state index in [-0.39, 0.29) is 5.56 Å². The molecule has 3 aromatic heterocycles. The smallest absolute Gasteiger partial charge is 0.266 e. The van der Waals surface area contributed by atoms with Crippen molar-refractivity contribution in [1.82, 2.24) is 29.2 Å². The summed E-state index contributed by atoms with van der Waals surface area (Å²) < 4.78 is 3.91. The van der Waals surface area contributed by atoms with Gasteiger partial charge in [0.15, 0.2) is 0 Å². The zero-order valence-corrected chi connectivity index (χ0v) is 15.1. The summed E-state index contributed by atoms with van der Waals surface area (Å²) in [6.45, 7) is 3.49. The first-order valence-electron chi connectivity index (χ1n) is 9.49. The molecule has 0 N–H and O–H groups in total. The minimum Gasteiger partial charge on any atom is -0.331 e. The first-order valence-corrected chi connectivity index (χ1v) is 9.49. The predicted molar refractivity (Wildman–Crippen MR) is 101 cm³/mol. The third kappa shape index (κ3) is 3.42. The first-order chi connectivity index (χ1) is 13.3. The van der Waals surface area contributed by atoms with Crippen LogP contribution in [0.4, 0.5) is 0 Å². The van der Waals surface area contributed by atoms with Crippen molar-refractivity contribution in [2.75, 3.05) is 13.1 Å². The van der Waals surface area contributed by atoms with Gasteiger partial charge in [-0.2, -0.15) is 5.10 Å². The third-order valence-corrected chi connectivity index (χ3v) is 5.34. The molecule has 5 rings (SSSR count). The second-order valence-electron chi connectivity index (χ2n) is 7.52. The molecule has 0 radical (unpaired) electrons. The molecule has 1 aliphatic heterocycles. The highest BCUT2D eigenvalue weighted by Crippen LogP contribution is 2.36. The molecule has 3 aromatic rings. The number of hydrogen-bond donors (Lipinski definition) is 0. The fourth-order valence-electron chi connectivity index (χ4n) is 3.77. The highest BCUT2D eigenvalue weighted by atomic mass is 16.1. The Morgan fingerprint density at radius 1 is 1.11 bits per heavy atom. The number of pyridine rings is 1. The van der Waals surface area contributed by atoms with E-state index >= 15 is 0 Å². The quantitative estimate of drug-likeness (QED) is 0.671. The van der Waals surface area contributed by atoms with Gasteiger partial charge in [0.2, 0.25) is 0 Å². The lowest BCUT2D eigenvalue weighted by Gasteiger charge is -2.39. The van der Waals surface area contributed by atoms with E-state index in [1.165, 1.54) is 12.8 Å². The lowest BCUT2D eigenvalue weighted by molar-refractivity contribution is 0.0729. The van der Waals surface area contributed by atoms with Crippen molar-refractivity contribution in [3.63, 3.8) is 0 Å². The number of likely N-dealkylation sites (tertiary alicyclic amines) is 1. The maximum Gasteiger partial charge on any atom is 0.266 e. The Kier molecular flexibility index (Phi) is 4.09. The molecule has 7 nitrogen and oxygen atoms in total. The van der Waals surface area contributed by atoms with Crippen molar-refractivity contribution in [1.29, 1.82) is 0 Å². The van der Waals surface area contributed by atoms with E-state index in [4.69, 9.17) is 0 Å². The van der Waals surface area contributed by atoms with Crippen LogP contribution < -0.4 is 5.56 Å². The monoisotopic (exact) mass is 362 g/mol. The average molecular weight is 362 g/mol. The Labute approximate surface area is 157 Å². The summed E-state index contributed by atoms with van der Waals surface area (Å²) in [5.41, 5.74) is 1.66. The molecule has 138 valence electrons. The van der Waals surface area contributed by atoms with Gasteiger partial charge in [-0.1, -0.05) is 0 Å². The fraction of sp³-hybridized carbons (Fsp3) is 0.400. The van der Waals surface area contributed by atoms with E-state index in [9.17, 15) is 4.79 Å². The average Bonchev–Trinajstić information content (AvgIpc) is 3.41. The molecule has 0 unspecified atom stereocenters. The Morgan fingerprint density at radius 3 is 2.78 bits per heavy atom. The summed E-state index contributed by atoms with van der Waals surface area (Å²) in [4.78, 5) is 23.2. The van der Waals surface area contributed by atoms with Gasteiger partial charge in [0, 0.05) is 61.5 Å². The maximum atomic E-state index is 12.2. The van der Waals surface area contributed by atoms with Gasteiger partial charge >= 0.3 is 0 Å². The fourth-order valence-corrected chi connectivity index (χ4v) is 3.77. The van der Waals surface area contributed by atoms with Crippen molar-refractivity contribution in [2.45, 2.75) is 32.0 Å². The van der Waals surface area contributed by atoms with E-state index in [2.05, 4.69) is 30.7 Å². The molecule has 0 amide bonds. The van der Waals surface area contributed by atoms with Crippen LogP contribution in [0, 0.1) is 5.92 Å². The molecule has 0 aromatic carbocycles. The molecule has 27 heavy (non-hydrogen) atoms. The van der Waals surface area contributed by atoms with Crippen LogP contribution in [-0.2, 0) is 13.1 Å². The van der Waals surface area contributed by atoms with Gasteiger partial charge in [0.1, 0.15) is 5.82 Å². The van der Waals surface area contributed by atoms with Gasteiger partial charge in [-0.25, -0.2) is 9.67 Å². The summed E-state index contributed by atoms with van der Waals surface area (Å²) in [6.07, 6.45) is 10.0. The number of rotatable bonds is 6. The Balaban J connectivity index is 1.22. The minimum absolute atomic E-state index is 0.0506. The molecule has 2 aliphatic rings. The topological polar surface area (TPSA) is 68.8 Å². The zero-order valence-electron chi connectivity index (χ0n) is 15.1. The van der Waals surface area contributed by atoms with Gasteiger partial charge in [-0.15, -0.1) is 0 Å². The van der Waals surface area contributed by atoms with Crippen LogP contribution in [-0.4, -0.2) is 42.3 Å². The minimum atomic E-state index is -0.0506. The molecular formula is C20H22N6O. The Bertz CT molecular complexity index is 985. The predicted octanol–water partition coefficient (Wildman–Crippen LogP) is 1.97. The van der Waals surface area contributed by atoms with E-state index in [0.29, 0.717) is 18.5 Å². The van der Waals surface area contributed by atoms with Crippen molar-refractivity contribution in [3.8, 4) is 11.3 Å². The van der Waals surface area contributed by atoms with Gasteiger partial charge in [0.05, 0.1) is 18.8 Å². The van der Waals surface area contributed by atoms with E-state index in [1.807, 2.05) is 18.3 Å². The van der Waals surface area contributed by atoms with Crippen molar-refractivity contribution in [2.24, 2.45) is 5.92 Å². The van der Waals surface area contributed by atoms with Crippen molar-refractivity contribution >= 4 is 0 Å². The van der Waals surface area contributed by atoms with Crippen LogP contribution >= 0.6 is 0 Å². The van der Waals surface area contributed by atoms with Gasteiger partial charge in [-0.05, 0) is 31.0 Å². The molecule has 7 heteroatoms. The number of imidazole rings is 1. The summed E-state index contributed by atoms with van der Waals surface area (Å²) >= 11 is 0. The second kappa shape index (κ2) is 6.74. The normalized spacial score (nSPS) is 17.8. The second-order valence-corrected chi connectivity index (χ2v) is 7.52. The van der Waals surface area contributed by atoms with Crippen LogP contribution in [0.15, 0.2) is 53.8 Å². The van der Waals surface area contributed by atoms with Crippen molar-refractivity contribution < 1.29 is 0 Å². The third-order valence-electron chi connectivity index (χ3n) is 5.34. The molecule has 4 heterocycles. The molecule has 0 bridgehead atoms. The molecule has 1 saturated heterocycles. The van der Waals surface area contributed by atoms with Gasteiger partial charge in [0.25, 0.3) is 5.56 Å². The lowest BCUT2D eigenvalue weighted by atomic mass is 10.0. The number of nitrogens with zero attached hydrogens (tertiary/aromatic N) is 6. The van der Waals surface area contributed by atoms with Crippen LogP contribution in [0.2, 0.25) is 0 Å². The van der Waals surface area contributed by atoms with Crippen LogP contribution in [0.25, 0.3) is 11.3 Å². The van der Waals surface area contributed by atoms with E-state index < -0.39 is 0 Å². The van der Waals surface area contributed by atoms with Crippen molar-refractivity contribution in [3.05, 3.63) is 65.2 Å². The molecular weight excluding hydrogens is 340 g/mol. The largest absolute Gasteiger partial charge is 0.331 e. The van der Waals surface area contributed by atoms with E-state index in [0.717, 1.165) is 36.7 Å². The van der Waals surface area contributed by atoms with Gasteiger partial charge in [-0.3, -0.25) is 14.7 Å². The SMILES string of the molecule is O=c1ccc(-c2cccnc2)nn1CC1CN(Cc2nccn2C2CC2)C1. The molecule has 2 fully saturated rings. The summed E-state index contributed by atoms with van der Waals surface area (Å²) in [5, 5.41) is 4.54.